The van der Waals surface area contributed by atoms with Gasteiger partial charge in [-0.1, -0.05) is 25.1 Å². The van der Waals surface area contributed by atoms with Crippen LogP contribution in [0.4, 0.5) is 17.7 Å². The highest BCUT2D eigenvalue weighted by Crippen LogP contribution is 2.22. The van der Waals surface area contributed by atoms with Crippen molar-refractivity contribution in [1.29, 1.82) is 0 Å². The number of rotatable bonds is 6. The number of ether oxygens (including phenoxy) is 1. The van der Waals surface area contributed by atoms with Crippen molar-refractivity contribution in [3.63, 3.8) is 0 Å². The lowest BCUT2D eigenvalue weighted by Gasteiger charge is -2.32. The van der Waals surface area contributed by atoms with E-state index in [0.717, 1.165) is 50.1 Å². The molecule has 4 rings (SSSR count). The zero-order chi connectivity index (χ0) is 20.1. The van der Waals surface area contributed by atoms with E-state index >= 15 is 0 Å². The Morgan fingerprint density at radius 3 is 2.41 bits per heavy atom. The van der Waals surface area contributed by atoms with Crippen LogP contribution >= 0.6 is 0 Å². The lowest BCUT2D eigenvalue weighted by Crippen LogP contribution is -2.45. The number of aryl methyl sites for hydroxylation is 1. The number of benzene rings is 1. The zero-order valence-electron chi connectivity index (χ0n) is 16.7. The number of nitrogens with zero attached hydrogens (tertiary/aromatic N) is 6. The fraction of sp³-hybridized carbons (Fsp3) is 0.333. The standard InChI is InChI=1S/C21H25N7O/c1-3-18-23-20(26-21(25-18)28-13-11-27(2)12-14-28)24-19-10-9-17(15-22-19)29-16-7-5-4-6-8-16/h4-10,15H,3,11-14H2,1-2H3,(H,22,23,24,25,26). The van der Waals surface area contributed by atoms with Gasteiger partial charge < -0.3 is 19.9 Å². The number of piperazine rings is 1. The van der Waals surface area contributed by atoms with Crippen LogP contribution in [-0.2, 0) is 6.42 Å². The minimum atomic E-state index is 0.509. The highest BCUT2D eigenvalue weighted by molar-refractivity contribution is 5.50. The Bertz CT molecular complexity index is 926. The van der Waals surface area contributed by atoms with E-state index in [-0.39, 0.29) is 0 Å². The maximum absolute atomic E-state index is 5.79. The quantitative estimate of drug-likeness (QED) is 0.687. The summed E-state index contributed by atoms with van der Waals surface area (Å²) >= 11 is 0. The second-order valence-corrected chi connectivity index (χ2v) is 6.94. The molecular weight excluding hydrogens is 366 g/mol. The molecule has 1 saturated heterocycles. The van der Waals surface area contributed by atoms with Gasteiger partial charge in [-0.25, -0.2) is 4.98 Å². The Kier molecular flexibility index (Phi) is 5.81. The topological polar surface area (TPSA) is 79.3 Å². The molecule has 0 spiro atoms. The molecule has 150 valence electrons. The van der Waals surface area contributed by atoms with Crippen LogP contribution in [0.2, 0.25) is 0 Å². The van der Waals surface area contributed by atoms with Gasteiger partial charge in [0.25, 0.3) is 0 Å². The number of pyridine rings is 1. The normalized spacial score (nSPS) is 14.6. The third kappa shape index (κ3) is 4.97. The first-order chi connectivity index (χ1) is 14.2. The second kappa shape index (κ2) is 8.83. The Hall–Kier alpha value is -3.26. The van der Waals surface area contributed by atoms with E-state index in [1.54, 1.807) is 6.20 Å². The summed E-state index contributed by atoms with van der Waals surface area (Å²) in [5.74, 6) is 4.09. The monoisotopic (exact) mass is 391 g/mol. The molecule has 1 aliphatic rings. The Morgan fingerprint density at radius 1 is 0.931 bits per heavy atom. The molecule has 1 fully saturated rings. The maximum atomic E-state index is 5.79. The average molecular weight is 391 g/mol. The van der Waals surface area contributed by atoms with Crippen LogP contribution in [0.15, 0.2) is 48.7 Å². The van der Waals surface area contributed by atoms with Crippen LogP contribution in [0.5, 0.6) is 11.5 Å². The van der Waals surface area contributed by atoms with E-state index in [1.165, 1.54) is 0 Å². The van der Waals surface area contributed by atoms with Gasteiger partial charge in [-0.3, -0.25) is 0 Å². The summed E-state index contributed by atoms with van der Waals surface area (Å²) in [5, 5.41) is 3.19. The summed E-state index contributed by atoms with van der Waals surface area (Å²) < 4.78 is 5.79. The molecule has 1 N–H and O–H groups in total. The molecule has 2 aromatic heterocycles. The first-order valence-electron chi connectivity index (χ1n) is 9.84. The third-order valence-electron chi connectivity index (χ3n) is 4.73. The summed E-state index contributed by atoms with van der Waals surface area (Å²) in [5.41, 5.74) is 0. The molecule has 0 unspecified atom stereocenters. The fourth-order valence-corrected chi connectivity index (χ4v) is 3.02. The molecule has 0 aliphatic carbocycles. The molecular formula is C21H25N7O. The Balaban J connectivity index is 1.47. The van der Waals surface area contributed by atoms with E-state index in [1.807, 2.05) is 49.4 Å². The number of nitrogens with one attached hydrogen (secondary N) is 1. The molecule has 1 aromatic carbocycles. The van der Waals surface area contributed by atoms with E-state index in [0.29, 0.717) is 17.5 Å². The number of para-hydroxylation sites is 1. The minimum absolute atomic E-state index is 0.509. The van der Waals surface area contributed by atoms with Crippen LogP contribution < -0.4 is 15.0 Å². The second-order valence-electron chi connectivity index (χ2n) is 6.94. The van der Waals surface area contributed by atoms with Crippen molar-refractivity contribution in [2.75, 3.05) is 43.4 Å². The van der Waals surface area contributed by atoms with Crippen molar-refractivity contribution in [1.82, 2.24) is 24.8 Å². The number of anilines is 3. The zero-order valence-corrected chi connectivity index (χ0v) is 16.7. The van der Waals surface area contributed by atoms with Gasteiger partial charge in [0.05, 0.1) is 6.20 Å². The molecule has 3 heterocycles. The predicted molar refractivity (Wildman–Crippen MR) is 113 cm³/mol. The van der Waals surface area contributed by atoms with Crippen LogP contribution in [0, 0.1) is 0 Å². The maximum Gasteiger partial charge on any atom is 0.233 e. The Labute approximate surface area is 170 Å². The van der Waals surface area contributed by atoms with Crippen LogP contribution in [0.1, 0.15) is 12.7 Å². The summed E-state index contributed by atoms with van der Waals surface area (Å²) in [4.78, 5) is 22.7. The highest BCUT2D eigenvalue weighted by Gasteiger charge is 2.18. The third-order valence-corrected chi connectivity index (χ3v) is 4.73. The van der Waals surface area contributed by atoms with Crippen LogP contribution in [-0.4, -0.2) is 58.1 Å². The molecule has 0 radical (unpaired) electrons. The van der Waals surface area contributed by atoms with Crippen molar-refractivity contribution < 1.29 is 4.74 Å². The van der Waals surface area contributed by atoms with E-state index in [4.69, 9.17) is 4.74 Å². The van der Waals surface area contributed by atoms with Crippen molar-refractivity contribution in [2.45, 2.75) is 13.3 Å². The summed E-state index contributed by atoms with van der Waals surface area (Å²) in [6.07, 6.45) is 2.42. The van der Waals surface area contributed by atoms with Crippen molar-refractivity contribution in [3.05, 3.63) is 54.5 Å². The highest BCUT2D eigenvalue weighted by atomic mass is 16.5. The Morgan fingerprint density at radius 2 is 1.72 bits per heavy atom. The van der Waals surface area contributed by atoms with Gasteiger partial charge in [0.1, 0.15) is 23.1 Å². The van der Waals surface area contributed by atoms with Gasteiger partial charge in [-0.05, 0) is 31.3 Å². The molecule has 1 aliphatic heterocycles. The van der Waals surface area contributed by atoms with E-state index in [9.17, 15) is 0 Å². The molecule has 29 heavy (non-hydrogen) atoms. The van der Waals surface area contributed by atoms with E-state index < -0.39 is 0 Å². The van der Waals surface area contributed by atoms with Crippen LogP contribution in [0.3, 0.4) is 0 Å². The number of aromatic nitrogens is 4. The fourth-order valence-electron chi connectivity index (χ4n) is 3.02. The lowest BCUT2D eigenvalue weighted by molar-refractivity contribution is 0.311. The van der Waals surface area contributed by atoms with Gasteiger partial charge in [-0.2, -0.15) is 15.0 Å². The summed E-state index contributed by atoms with van der Waals surface area (Å²) in [6.45, 7) is 5.86. The lowest BCUT2D eigenvalue weighted by atomic mass is 10.3. The van der Waals surface area contributed by atoms with Gasteiger partial charge >= 0.3 is 0 Å². The van der Waals surface area contributed by atoms with Crippen molar-refractivity contribution in [2.24, 2.45) is 0 Å². The van der Waals surface area contributed by atoms with Gasteiger partial charge in [0.2, 0.25) is 11.9 Å². The molecule has 8 heteroatoms. The van der Waals surface area contributed by atoms with Gasteiger partial charge in [0, 0.05) is 32.6 Å². The SMILES string of the molecule is CCc1nc(Nc2ccc(Oc3ccccc3)cn2)nc(N2CCN(C)CC2)n1. The first kappa shape index (κ1) is 19.1. The minimum Gasteiger partial charge on any atom is -0.456 e. The molecule has 0 saturated carbocycles. The number of hydrogen-bond donors (Lipinski definition) is 1. The van der Waals surface area contributed by atoms with Crippen LogP contribution in [0.25, 0.3) is 0 Å². The number of hydrogen-bond acceptors (Lipinski definition) is 8. The average Bonchev–Trinajstić information content (AvgIpc) is 2.76. The molecule has 8 nitrogen and oxygen atoms in total. The number of likely N-dealkylation sites (N-methyl/N-ethyl adjacent to an activating group) is 1. The molecule has 0 bridgehead atoms. The van der Waals surface area contributed by atoms with E-state index in [2.05, 4.69) is 42.1 Å². The predicted octanol–water partition coefficient (Wildman–Crippen LogP) is 3.12. The molecule has 3 aromatic rings. The molecule has 0 atom stereocenters. The summed E-state index contributed by atoms with van der Waals surface area (Å²) in [6, 6.07) is 13.3. The van der Waals surface area contributed by atoms with Crippen molar-refractivity contribution >= 4 is 17.7 Å². The smallest absolute Gasteiger partial charge is 0.233 e. The van der Waals surface area contributed by atoms with Gasteiger partial charge in [0.15, 0.2) is 0 Å². The first-order valence-corrected chi connectivity index (χ1v) is 9.84. The molecule has 0 amide bonds. The largest absolute Gasteiger partial charge is 0.456 e. The summed E-state index contributed by atoms with van der Waals surface area (Å²) in [7, 11) is 2.13. The van der Waals surface area contributed by atoms with Gasteiger partial charge in [-0.15, -0.1) is 0 Å². The van der Waals surface area contributed by atoms with Crippen molar-refractivity contribution in [3.8, 4) is 11.5 Å².